The molecular formula is C23H29IN2O3. The summed E-state index contributed by atoms with van der Waals surface area (Å²) in [4.78, 5) is 27.5. The summed E-state index contributed by atoms with van der Waals surface area (Å²) in [5.41, 5.74) is 2.12. The van der Waals surface area contributed by atoms with Crippen molar-refractivity contribution in [3.8, 4) is 5.75 Å². The Labute approximate surface area is 187 Å². The van der Waals surface area contributed by atoms with Gasteiger partial charge in [-0.25, -0.2) is 0 Å². The molecule has 0 aliphatic carbocycles. The van der Waals surface area contributed by atoms with Gasteiger partial charge in [0.25, 0.3) is 5.91 Å². The van der Waals surface area contributed by atoms with Gasteiger partial charge < -0.3 is 15.0 Å². The summed E-state index contributed by atoms with van der Waals surface area (Å²) < 4.78 is 6.80. The molecule has 2 aromatic carbocycles. The van der Waals surface area contributed by atoms with E-state index < -0.39 is 6.04 Å². The average Bonchev–Trinajstić information content (AvgIpc) is 2.72. The van der Waals surface area contributed by atoms with Crippen molar-refractivity contribution in [1.29, 1.82) is 0 Å². The Balaban J connectivity index is 2.19. The third-order valence-electron chi connectivity index (χ3n) is 4.71. The SMILES string of the molecule is CCCNC(=O)[C@H](CC)N(Cc1ccccc1C)C(=O)COc1ccc(I)cc1. The van der Waals surface area contributed by atoms with Crippen LogP contribution in [0, 0.1) is 10.5 Å². The molecule has 0 unspecified atom stereocenters. The lowest BCUT2D eigenvalue weighted by atomic mass is 10.1. The molecule has 6 heteroatoms. The summed E-state index contributed by atoms with van der Waals surface area (Å²) in [7, 11) is 0. The molecule has 0 aliphatic heterocycles. The van der Waals surface area contributed by atoms with Crippen molar-refractivity contribution in [2.24, 2.45) is 0 Å². The van der Waals surface area contributed by atoms with Crippen LogP contribution >= 0.6 is 22.6 Å². The Morgan fingerprint density at radius 1 is 1.10 bits per heavy atom. The lowest BCUT2D eigenvalue weighted by molar-refractivity contribution is -0.143. The minimum absolute atomic E-state index is 0.107. The van der Waals surface area contributed by atoms with Gasteiger partial charge in [-0.3, -0.25) is 9.59 Å². The number of carbonyl (C=O) groups excluding carboxylic acids is 2. The molecule has 29 heavy (non-hydrogen) atoms. The van der Waals surface area contributed by atoms with E-state index >= 15 is 0 Å². The summed E-state index contributed by atoms with van der Waals surface area (Å²) in [6.07, 6.45) is 1.39. The number of amides is 2. The average molecular weight is 508 g/mol. The second-order valence-corrected chi connectivity index (χ2v) is 8.15. The standard InChI is InChI=1S/C23H29IN2O3/c1-4-14-25-23(28)21(5-2)26(15-18-9-7-6-8-17(18)3)22(27)16-29-20-12-10-19(24)11-13-20/h6-13,21H,4-5,14-16H2,1-3H3,(H,25,28)/t21-/m0/s1. The molecule has 0 saturated carbocycles. The summed E-state index contributed by atoms with van der Waals surface area (Å²) in [6, 6.07) is 14.9. The van der Waals surface area contributed by atoms with Crippen molar-refractivity contribution in [1.82, 2.24) is 10.2 Å². The first-order valence-electron chi connectivity index (χ1n) is 9.96. The fourth-order valence-corrected chi connectivity index (χ4v) is 3.37. The lowest BCUT2D eigenvalue weighted by Gasteiger charge is -2.31. The lowest BCUT2D eigenvalue weighted by Crippen LogP contribution is -2.50. The Morgan fingerprint density at radius 3 is 2.41 bits per heavy atom. The molecule has 2 rings (SSSR count). The quantitative estimate of drug-likeness (QED) is 0.487. The van der Waals surface area contributed by atoms with Crippen LogP contribution < -0.4 is 10.1 Å². The number of nitrogens with one attached hydrogen (secondary N) is 1. The van der Waals surface area contributed by atoms with Crippen molar-refractivity contribution in [2.45, 2.75) is 46.2 Å². The molecule has 0 spiro atoms. The Hall–Kier alpha value is -2.09. The third-order valence-corrected chi connectivity index (χ3v) is 5.43. The largest absolute Gasteiger partial charge is 0.484 e. The highest BCUT2D eigenvalue weighted by Gasteiger charge is 2.29. The predicted molar refractivity (Wildman–Crippen MR) is 124 cm³/mol. The van der Waals surface area contributed by atoms with Crippen LogP contribution in [-0.2, 0) is 16.1 Å². The molecule has 0 aliphatic rings. The smallest absolute Gasteiger partial charge is 0.261 e. The van der Waals surface area contributed by atoms with Crippen LogP contribution in [0.25, 0.3) is 0 Å². The fourth-order valence-electron chi connectivity index (χ4n) is 3.02. The summed E-state index contributed by atoms with van der Waals surface area (Å²) in [6.45, 7) is 6.81. The number of carbonyl (C=O) groups is 2. The Bertz CT molecular complexity index is 808. The topological polar surface area (TPSA) is 58.6 Å². The first kappa shape index (κ1) is 23.2. The normalized spacial score (nSPS) is 11.6. The maximum absolute atomic E-state index is 13.1. The molecule has 156 valence electrons. The van der Waals surface area contributed by atoms with E-state index in [4.69, 9.17) is 4.74 Å². The van der Waals surface area contributed by atoms with E-state index in [1.807, 2.05) is 69.3 Å². The minimum atomic E-state index is -0.533. The van der Waals surface area contributed by atoms with Gasteiger partial charge in [0.2, 0.25) is 5.91 Å². The maximum Gasteiger partial charge on any atom is 0.261 e. The molecule has 0 fully saturated rings. The Kier molecular flexibility index (Phi) is 9.44. The van der Waals surface area contributed by atoms with Gasteiger partial charge in [0.15, 0.2) is 6.61 Å². The Morgan fingerprint density at radius 2 is 1.79 bits per heavy atom. The van der Waals surface area contributed by atoms with Crippen LogP contribution in [0.1, 0.15) is 37.8 Å². The molecule has 0 saturated heterocycles. The van der Waals surface area contributed by atoms with Crippen molar-refractivity contribution in [3.63, 3.8) is 0 Å². The van der Waals surface area contributed by atoms with Crippen LogP contribution in [0.15, 0.2) is 48.5 Å². The number of benzene rings is 2. The summed E-state index contributed by atoms with van der Waals surface area (Å²) >= 11 is 2.22. The van der Waals surface area contributed by atoms with E-state index in [-0.39, 0.29) is 18.4 Å². The highest BCUT2D eigenvalue weighted by molar-refractivity contribution is 14.1. The van der Waals surface area contributed by atoms with Gasteiger partial charge in [-0.05, 0) is 77.7 Å². The fraction of sp³-hybridized carbons (Fsp3) is 0.391. The highest BCUT2D eigenvalue weighted by Crippen LogP contribution is 2.17. The third kappa shape index (κ3) is 7.03. The van der Waals surface area contributed by atoms with Crippen molar-refractivity contribution in [2.75, 3.05) is 13.2 Å². The summed E-state index contributed by atoms with van der Waals surface area (Å²) in [5.74, 6) is 0.314. The van der Waals surface area contributed by atoms with Crippen LogP contribution in [0.4, 0.5) is 0 Å². The summed E-state index contributed by atoms with van der Waals surface area (Å²) in [5, 5.41) is 2.92. The second-order valence-electron chi connectivity index (χ2n) is 6.91. The van der Waals surface area contributed by atoms with Gasteiger partial charge in [0, 0.05) is 16.7 Å². The molecule has 1 atom stereocenters. The van der Waals surface area contributed by atoms with Gasteiger partial charge in [-0.2, -0.15) is 0 Å². The van der Waals surface area contributed by atoms with Crippen LogP contribution in [-0.4, -0.2) is 35.9 Å². The van der Waals surface area contributed by atoms with Crippen molar-refractivity contribution < 1.29 is 14.3 Å². The molecule has 0 bridgehead atoms. The van der Waals surface area contributed by atoms with E-state index in [0.717, 1.165) is 21.1 Å². The molecule has 0 heterocycles. The first-order chi connectivity index (χ1) is 14.0. The molecule has 5 nitrogen and oxygen atoms in total. The number of hydrogen-bond acceptors (Lipinski definition) is 3. The second kappa shape index (κ2) is 11.8. The van der Waals surface area contributed by atoms with Crippen molar-refractivity contribution in [3.05, 3.63) is 63.2 Å². The molecule has 0 radical (unpaired) electrons. The zero-order chi connectivity index (χ0) is 21.2. The molecule has 1 N–H and O–H groups in total. The highest BCUT2D eigenvalue weighted by atomic mass is 127. The van der Waals surface area contributed by atoms with Gasteiger partial charge >= 0.3 is 0 Å². The van der Waals surface area contributed by atoms with Gasteiger partial charge in [-0.1, -0.05) is 38.1 Å². The monoisotopic (exact) mass is 508 g/mol. The number of hydrogen-bond donors (Lipinski definition) is 1. The minimum Gasteiger partial charge on any atom is -0.484 e. The van der Waals surface area contributed by atoms with E-state index in [1.54, 1.807) is 4.90 Å². The number of aryl methyl sites for hydroxylation is 1. The van der Waals surface area contributed by atoms with E-state index in [2.05, 4.69) is 27.9 Å². The maximum atomic E-state index is 13.1. The first-order valence-corrected chi connectivity index (χ1v) is 11.0. The van der Waals surface area contributed by atoms with Crippen LogP contribution in [0.5, 0.6) is 5.75 Å². The number of halogens is 1. The molecule has 2 aromatic rings. The van der Waals surface area contributed by atoms with E-state index in [9.17, 15) is 9.59 Å². The number of rotatable bonds is 10. The van der Waals surface area contributed by atoms with Crippen LogP contribution in [0.2, 0.25) is 0 Å². The van der Waals surface area contributed by atoms with E-state index in [1.165, 1.54) is 0 Å². The van der Waals surface area contributed by atoms with Gasteiger partial charge in [-0.15, -0.1) is 0 Å². The van der Waals surface area contributed by atoms with Crippen LogP contribution in [0.3, 0.4) is 0 Å². The molecule has 0 aromatic heterocycles. The van der Waals surface area contributed by atoms with Gasteiger partial charge in [0.1, 0.15) is 11.8 Å². The zero-order valence-corrected chi connectivity index (χ0v) is 19.4. The molecule has 2 amide bonds. The zero-order valence-electron chi connectivity index (χ0n) is 17.3. The number of ether oxygens (including phenoxy) is 1. The van der Waals surface area contributed by atoms with Crippen molar-refractivity contribution >= 4 is 34.4 Å². The molecular weight excluding hydrogens is 479 g/mol. The van der Waals surface area contributed by atoms with E-state index in [0.29, 0.717) is 25.3 Å². The van der Waals surface area contributed by atoms with Gasteiger partial charge in [0.05, 0.1) is 0 Å². The predicted octanol–water partition coefficient (Wildman–Crippen LogP) is 4.31. The number of nitrogens with zero attached hydrogens (tertiary/aromatic N) is 1.